The maximum atomic E-state index is 12.2. The van der Waals surface area contributed by atoms with Crippen molar-refractivity contribution in [2.75, 3.05) is 6.54 Å². The highest BCUT2D eigenvalue weighted by Crippen LogP contribution is 2.23. The van der Waals surface area contributed by atoms with E-state index in [1.165, 1.54) is 12.3 Å². The van der Waals surface area contributed by atoms with E-state index in [1.54, 1.807) is 31.2 Å². The quantitative estimate of drug-likeness (QED) is 0.697. The van der Waals surface area contributed by atoms with Crippen LogP contribution in [0.5, 0.6) is 0 Å². The number of furan rings is 1. The fraction of sp³-hybridized carbons (Fsp3) is 0.176. The molecule has 0 aliphatic heterocycles. The van der Waals surface area contributed by atoms with Crippen LogP contribution in [-0.4, -0.2) is 22.7 Å². The smallest absolute Gasteiger partial charge is 0.273 e. The maximum absolute atomic E-state index is 12.2. The fourth-order valence-electron chi connectivity index (χ4n) is 2.17. The van der Waals surface area contributed by atoms with E-state index in [9.17, 15) is 9.90 Å². The minimum Gasteiger partial charge on any atom is -0.461 e. The van der Waals surface area contributed by atoms with Crippen molar-refractivity contribution in [2.24, 2.45) is 0 Å². The summed E-state index contributed by atoms with van der Waals surface area (Å²) in [4.78, 5) is 12.2. The molecule has 0 bridgehead atoms. The number of aliphatic hydroxyl groups is 1. The molecular weight excluding hydrogens is 376 g/mol. The van der Waals surface area contributed by atoms with Crippen molar-refractivity contribution in [1.82, 2.24) is 10.5 Å². The largest absolute Gasteiger partial charge is 0.461 e. The zero-order valence-corrected chi connectivity index (χ0v) is 14.4. The summed E-state index contributed by atoms with van der Waals surface area (Å²) in [5.74, 6) is 0.419. The van der Waals surface area contributed by atoms with Crippen LogP contribution in [0.15, 0.2) is 62.1 Å². The van der Waals surface area contributed by atoms with Crippen molar-refractivity contribution in [2.45, 2.75) is 12.5 Å². The average Bonchev–Trinajstić information content (AvgIpc) is 3.24. The van der Waals surface area contributed by atoms with Gasteiger partial charge < -0.3 is 19.4 Å². The number of hydrogen-bond donors (Lipinski definition) is 2. The SMILES string of the molecule is CC(O)(CNC(=O)c1cc(-c2ccco2)on1)c1ccc(Br)cc1. The molecule has 3 aromatic rings. The van der Waals surface area contributed by atoms with E-state index in [0.29, 0.717) is 17.1 Å². The van der Waals surface area contributed by atoms with E-state index < -0.39 is 11.5 Å². The Morgan fingerprint density at radius 2 is 2.04 bits per heavy atom. The topological polar surface area (TPSA) is 88.5 Å². The minimum atomic E-state index is -1.20. The van der Waals surface area contributed by atoms with Crippen molar-refractivity contribution < 1.29 is 18.8 Å². The zero-order valence-electron chi connectivity index (χ0n) is 12.8. The van der Waals surface area contributed by atoms with E-state index in [2.05, 4.69) is 26.4 Å². The molecule has 3 rings (SSSR count). The predicted octanol–water partition coefficient (Wildman–Crippen LogP) is 3.33. The van der Waals surface area contributed by atoms with Gasteiger partial charge in [-0.3, -0.25) is 4.79 Å². The Bertz CT molecular complexity index is 823. The lowest BCUT2D eigenvalue weighted by molar-refractivity contribution is 0.0524. The zero-order chi connectivity index (χ0) is 17.2. The highest BCUT2D eigenvalue weighted by molar-refractivity contribution is 9.10. The van der Waals surface area contributed by atoms with Gasteiger partial charge in [-0.05, 0) is 36.8 Å². The van der Waals surface area contributed by atoms with E-state index in [1.807, 2.05) is 12.1 Å². The Hall–Kier alpha value is -2.38. The van der Waals surface area contributed by atoms with Gasteiger partial charge in [0, 0.05) is 10.5 Å². The summed E-state index contributed by atoms with van der Waals surface area (Å²) in [5, 5.41) is 16.9. The normalized spacial score (nSPS) is 13.5. The first-order valence-electron chi connectivity index (χ1n) is 7.23. The number of hydrogen-bond acceptors (Lipinski definition) is 5. The van der Waals surface area contributed by atoms with Gasteiger partial charge in [-0.15, -0.1) is 0 Å². The van der Waals surface area contributed by atoms with Crippen molar-refractivity contribution >= 4 is 21.8 Å². The molecule has 0 fully saturated rings. The standard InChI is InChI=1S/C17H15BrN2O4/c1-17(22,11-4-6-12(18)7-5-11)10-19-16(21)13-9-15(24-20-13)14-3-2-8-23-14/h2-9,22H,10H2,1H3,(H,19,21). The van der Waals surface area contributed by atoms with Crippen LogP contribution in [-0.2, 0) is 5.60 Å². The molecule has 0 saturated heterocycles. The van der Waals surface area contributed by atoms with Gasteiger partial charge in [-0.25, -0.2) is 0 Å². The van der Waals surface area contributed by atoms with Crippen molar-refractivity contribution in [3.05, 3.63) is 64.5 Å². The first-order valence-corrected chi connectivity index (χ1v) is 8.02. The van der Waals surface area contributed by atoms with Gasteiger partial charge in [0.1, 0.15) is 5.60 Å². The van der Waals surface area contributed by atoms with E-state index in [-0.39, 0.29) is 12.2 Å². The molecule has 0 aliphatic carbocycles. The summed E-state index contributed by atoms with van der Waals surface area (Å²) in [6.45, 7) is 1.67. The van der Waals surface area contributed by atoms with Gasteiger partial charge in [0.25, 0.3) is 5.91 Å². The van der Waals surface area contributed by atoms with Crippen molar-refractivity contribution in [3.8, 4) is 11.5 Å². The molecule has 2 aromatic heterocycles. The van der Waals surface area contributed by atoms with Gasteiger partial charge >= 0.3 is 0 Å². The molecule has 0 aliphatic rings. The number of aromatic nitrogens is 1. The predicted molar refractivity (Wildman–Crippen MR) is 90.3 cm³/mol. The van der Waals surface area contributed by atoms with Crippen LogP contribution < -0.4 is 5.32 Å². The molecule has 2 heterocycles. The number of benzene rings is 1. The summed E-state index contributed by atoms with van der Waals surface area (Å²) in [5.41, 5.74) is -0.389. The lowest BCUT2D eigenvalue weighted by Crippen LogP contribution is -2.38. The average molecular weight is 391 g/mol. The third kappa shape index (κ3) is 3.58. The second kappa shape index (κ2) is 6.62. The maximum Gasteiger partial charge on any atom is 0.273 e. The molecule has 6 nitrogen and oxygen atoms in total. The van der Waals surface area contributed by atoms with Crippen LogP contribution in [0.25, 0.3) is 11.5 Å². The molecular formula is C17H15BrN2O4. The molecule has 1 atom stereocenters. The molecule has 1 unspecified atom stereocenters. The second-order valence-corrected chi connectivity index (χ2v) is 6.43. The van der Waals surface area contributed by atoms with E-state index >= 15 is 0 Å². The summed E-state index contributed by atoms with van der Waals surface area (Å²) in [7, 11) is 0. The van der Waals surface area contributed by atoms with Gasteiger partial charge in [0.05, 0.1) is 12.8 Å². The molecule has 1 amide bonds. The second-order valence-electron chi connectivity index (χ2n) is 5.52. The van der Waals surface area contributed by atoms with Crippen LogP contribution in [0.4, 0.5) is 0 Å². The van der Waals surface area contributed by atoms with Crippen LogP contribution in [0.2, 0.25) is 0 Å². The number of rotatable bonds is 5. The number of carbonyl (C=O) groups is 1. The molecule has 7 heteroatoms. The van der Waals surface area contributed by atoms with Gasteiger partial charge in [0.2, 0.25) is 5.76 Å². The molecule has 124 valence electrons. The molecule has 0 spiro atoms. The van der Waals surface area contributed by atoms with Crippen LogP contribution in [0.3, 0.4) is 0 Å². The number of nitrogens with zero attached hydrogens (tertiary/aromatic N) is 1. The van der Waals surface area contributed by atoms with E-state index in [4.69, 9.17) is 8.94 Å². The first kappa shape index (κ1) is 16.5. The molecule has 24 heavy (non-hydrogen) atoms. The monoisotopic (exact) mass is 390 g/mol. The molecule has 1 aromatic carbocycles. The lowest BCUT2D eigenvalue weighted by Gasteiger charge is -2.24. The van der Waals surface area contributed by atoms with E-state index in [0.717, 1.165) is 4.47 Å². The Morgan fingerprint density at radius 1 is 1.29 bits per heavy atom. The summed E-state index contributed by atoms with van der Waals surface area (Å²) >= 11 is 3.35. The third-order valence-electron chi connectivity index (χ3n) is 3.57. The number of carbonyl (C=O) groups excluding carboxylic acids is 1. The highest BCUT2D eigenvalue weighted by Gasteiger charge is 2.25. The van der Waals surface area contributed by atoms with Gasteiger partial charge in [0.15, 0.2) is 11.5 Å². The Kier molecular flexibility index (Phi) is 4.55. The van der Waals surface area contributed by atoms with Crippen LogP contribution >= 0.6 is 15.9 Å². The van der Waals surface area contributed by atoms with Gasteiger partial charge in [-0.1, -0.05) is 33.2 Å². The summed E-state index contributed by atoms with van der Waals surface area (Å²) in [6.07, 6.45) is 1.51. The minimum absolute atomic E-state index is 0.0381. The molecule has 0 saturated carbocycles. The summed E-state index contributed by atoms with van der Waals surface area (Å²) < 4.78 is 11.2. The van der Waals surface area contributed by atoms with Crippen LogP contribution in [0.1, 0.15) is 23.0 Å². The number of nitrogens with one attached hydrogen (secondary N) is 1. The first-order chi connectivity index (χ1) is 11.5. The fourth-order valence-corrected chi connectivity index (χ4v) is 2.44. The van der Waals surface area contributed by atoms with Crippen molar-refractivity contribution in [1.29, 1.82) is 0 Å². The highest BCUT2D eigenvalue weighted by atomic mass is 79.9. The van der Waals surface area contributed by atoms with Crippen molar-refractivity contribution in [3.63, 3.8) is 0 Å². The Balaban J connectivity index is 1.66. The Labute approximate surface area is 146 Å². The Morgan fingerprint density at radius 3 is 2.71 bits per heavy atom. The third-order valence-corrected chi connectivity index (χ3v) is 4.09. The molecule has 0 radical (unpaired) electrons. The summed E-state index contributed by atoms with van der Waals surface area (Å²) in [6, 6.07) is 12.2. The van der Waals surface area contributed by atoms with Gasteiger partial charge in [-0.2, -0.15) is 0 Å². The molecule has 2 N–H and O–H groups in total. The number of halogens is 1. The van der Waals surface area contributed by atoms with Crippen LogP contribution in [0, 0.1) is 0 Å². The lowest BCUT2D eigenvalue weighted by atomic mass is 9.96. The number of amides is 1.